The summed E-state index contributed by atoms with van der Waals surface area (Å²) in [4.78, 5) is 14.0. The molecule has 6 heteroatoms. The van der Waals surface area contributed by atoms with Gasteiger partial charge in [-0.15, -0.1) is 0 Å². The van der Waals surface area contributed by atoms with E-state index < -0.39 is 0 Å². The maximum Gasteiger partial charge on any atom is 0.238 e. The summed E-state index contributed by atoms with van der Waals surface area (Å²) in [5.41, 5.74) is 6.48. The Morgan fingerprint density at radius 3 is 2.60 bits per heavy atom. The summed E-state index contributed by atoms with van der Waals surface area (Å²) in [7, 11) is 1.92. The van der Waals surface area contributed by atoms with Crippen LogP contribution in [0.1, 0.15) is 13.8 Å². The van der Waals surface area contributed by atoms with E-state index in [4.69, 9.17) is 5.73 Å². The minimum absolute atomic E-state index is 0.00717. The highest BCUT2D eigenvalue weighted by Crippen LogP contribution is 2.26. The van der Waals surface area contributed by atoms with Gasteiger partial charge in [0.2, 0.25) is 5.91 Å². The van der Waals surface area contributed by atoms with Crippen LogP contribution in [-0.4, -0.2) is 37.5 Å². The predicted octanol–water partition coefficient (Wildman–Crippen LogP) is 3.07. The molecule has 0 aliphatic rings. The molecule has 0 saturated heterocycles. The van der Waals surface area contributed by atoms with E-state index >= 15 is 0 Å². The smallest absolute Gasteiger partial charge is 0.238 e. The summed E-state index contributed by atoms with van der Waals surface area (Å²) in [6.07, 6.45) is 0. The van der Waals surface area contributed by atoms with Gasteiger partial charge in [0.05, 0.1) is 12.2 Å². The average molecular weight is 407 g/mol. The number of halogens is 2. The van der Waals surface area contributed by atoms with Crippen molar-refractivity contribution in [2.24, 2.45) is 11.1 Å². The minimum atomic E-state index is -0.0386. The van der Waals surface area contributed by atoms with Gasteiger partial charge >= 0.3 is 0 Å². The maximum atomic E-state index is 12.0. The molecule has 112 valence electrons. The van der Waals surface area contributed by atoms with Crippen molar-refractivity contribution in [3.63, 3.8) is 0 Å². The van der Waals surface area contributed by atoms with Crippen molar-refractivity contribution < 1.29 is 4.79 Å². The normalized spacial score (nSPS) is 11.8. The number of nitrogens with one attached hydrogen (secondary N) is 1. The number of anilines is 1. The third-order valence-corrected chi connectivity index (χ3v) is 4.02. The van der Waals surface area contributed by atoms with Crippen LogP contribution in [0.15, 0.2) is 27.1 Å². The van der Waals surface area contributed by atoms with E-state index in [1.54, 1.807) is 0 Å². The van der Waals surface area contributed by atoms with Crippen molar-refractivity contribution >= 4 is 43.5 Å². The Morgan fingerprint density at radius 2 is 2.05 bits per heavy atom. The lowest BCUT2D eigenvalue weighted by atomic mass is 9.93. The number of carbonyl (C=O) groups is 1. The third-order valence-electron chi connectivity index (χ3n) is 2.87. The predicted molar refractivity (Wildman–Crippen MR) is 90.8 cm³/mol. The number of likely N-dealkylation sites (N-methyl/N-ethyl adjacent to an activating group) is 1. The summed E-state index contributed by atoms with van der Waals surface area (Å²) in [6.45, 7) is 5.89. The zero-order valence-electron chi connectivity index (χ0n) is 12.0. The molecule has 0 atom stereocenters. The van der Waals surface area contributed by atoms with Crippen LogP contribution >= 0.6 is 31.9 Å². The number of rotatable bonds is 6. The molecular weight excluding hydrogens is 386 g/mol. The number of carbonyl (C=O) groups excluding carboxylic acids is 1. The molecule has 0 heterocycles. The second-order valence-corrected chi connectivity index (χ2v) is 7.48. The molecule has 1 rings (SSSR count). The minimum Gasteiger partial charge on any atom is -0.330 e. The lowest BCUT2D eigenvalue weighted by Crippen LogP contribution is -2.40. The van der Waals surface area contributed by atoms with E-state index in [0.29, 0.717) is 13.1 Å². The molecule has 1 aromatic rings. The van der Waals surface area contributed by atoms with Crippen molar-refractivity contribution in [3.05, 3.63) is 27.1 Å². The summed E-state index contributed by atoms with van der Waals surface area (Å²) in [6, 6.07) is 5.65. The van der Waals surface area contributed by atoms with Crippen LogP contribution in [0.4, 0.5) is 5.69 Å². The molecule has 0 spiro atoms. The van der Waals surface area contributed by atoms with Crippen molar-refractivity contribution in [2.75, 3.05) is 32.0 Å². The van der Waals surface area contributed by atoms with Gasteiger partial charge in [-0.05, 0) is 53.1 Å². The SMILES string of the molecule is CN(CC(=O)Nc1ccc(Br)cc1Br)CC(C)(C)CN. The van der Waals surface area contributed by atoms with Crippen molar-refractivity contribution in [3.8, 4) is 0 Å². The number of amides is 1. The van der Waals surface area contributed by atoms with Crippen LogP contribution in [0.5, 0.6) is 0 Å². The first-order chi connectivity index (χ1) is 9.23. The Balaban J connectivity index is 2.55. The fourth-order valence-corrected chi connectivity index (χ4v) is 3.02. The monoisotopic (exact) mass is 405 g/mol. The van der Waals surface area contributed by atoms with Gasteiger partial charge in [-0.3, -0.25) is 9.69 Å². The van der Waals surface area contributed by atoms with Crippen LogP contribution < -0.4 is 11.1 Å². The fourth-order valence-electron chi connectivity index (χ4n) is 1.88. The Kier molecular flexibility index (Phi) is 6.64. The zero-order chi connectivity index (χ0) is 15.3. The van der Waals surface area contributed by atoms with E-state index in [-0.39, 0.29) is 11.3 Å². The van der Waals surface area contributed by atoms with Gasteiger partial charge in [-0.1, -0.05) is 29.8 Å². The van der Waals surface area contributed by atoms with E-state index in [0.717, 1.165) is 21.2 Å². The topological polar surface area (TPSA) is 58.4 Å². The Morgan fingerprint density at radius 1 is 1.40 bits per heavy atom. The average Bonchev–Trinajstić information content (AvgIpc) is 2.32. The second-order valence-electron chi connectivity index (χ2n) is 5.71. The summed E-state index contributed by atoms with van der Waals surface area (Å²) >= 11 is 6.81. The van der Waals surface area contributed by atoms with Crippen molar-refractivity contribution in [1.29, 1.82) is 0 Å². The molecule has 4 nitrogen and oxygen atoms in total. The van der Waals surface area contributed by atoms with Gasteiger partial charge < -0.3 is 11.1 Å². The molecule has 0 aliphatic heterocycles. The van der Waals surface area contributed by atoms with Gasteiger partial charge in [-0.25, -0.2) is 0 Å². The highest BCUT2D eigenvalue weighted by Gasteiger charge is 2.19. The molecule has 1 amide bonds. The van der Waals surface area contributed by atoms with Crippen LogP contribution in [0.25, 0.3) is 0 Å². The molecule has 3 N–H and O–H groups in total. The summed E-state index contributed by atoms with van der Waals surface area (Å²) in [5.74, 6) is -0.0386. The molecular formula is C14H21Br2N3O. The number of nitrogens with two attached hydrogens (primary N) is 1. The summed E-state index contributed by atoms with van der Waals surface area (Å²) < 4.78 is 1.81. The highest BCUT2D eigenvalue weighted by atomic mass is 79.9. The lowest BCUT2D eigenvalue weighted by Gasteiger charge is -2.28. The Labute approximate surface area is 137 Å². The number of benzene rings is 1. The standard InChI is InChI=1S/C14H21Br2N3O/c1-14(2,8-17)9-19(3)7-13(20)18-12-5-4-10(15)6-11(12)16/h4-6H,7-9,17H2,1-3H3,(H,18,20). The van der Waals surface area contributed by atoms with Gasteiger partial charge in [0.25, 0.3) is 0 Å². The first kappa shape index (κ1) is 17.6. The highest BCUT2D eigenvalue weighted by molar-refractivity contribution is 9.11. The van der Waals surface area contributed by atoms with Crippen LogP contribution in [0.3, 0.4) is 0 Å². The van der Waals surface area contributed by atoms with E-state index in [1.165, 1.54) is 0 Å². The van der Waals surface area contributed by atoms with Gasteiger partial charge in [0.15, 0.2) is 0 Å². The largest absolute Gasteiger partial charge is 0.330 e. The second kappa shape index (κ2) is 7.54. The number of hydrogen-bond acceptors (Lipinski definition) is 3. The summed E-state index contributed by atoms with van der Waals surface area (Å²) in [5, 5.41) is 2.89. The fraction of sp³-hybridized carbons (Fsp3) is 0.500. The quantitative estimate of drug-likeness (QED) is 0.763. The Bertz CT molecular complexity index is 477. The molecule has 0 aliphatic carbocycles. The lowest BCUT2D eigenvalue weighted by molar-refractivity contribution is -0.117. The molecule has 20 heavy (non-hydrogen) atoms. The van der Waals surface area contributed by atoms with E-state index in [1.807, 2.05) is 30.1 Å². The van der Waals surface area contributed by atoms with Crippen LogP contribution in [-0.2, 0) is 4.79 Å². The molecule has 0 bridgehead atoms. The molecule has 0 unspecified atom stereocenters. The molecule has 1 aromatic carbocycles. The number of nitrogens with zero attached hydrogens (tertiary/aromatic N) is 1. The van der Waals surface area contributed by atoms with Crippen molar-refractivity contribution in [2.45, 2.75) is 13.8 Å². The molecule has 0 aromatic heterocycles. The Hall–Kier alpha value is -0.430. The third kappa shape index (κ3) is 5.91. The maximum absolute atomic E-state index is 12.0. The van der Waals surface area contributed by atoms with Crippen LogP contribution in [0, 0.1) is 5.41 Å². The van der Waals surface area contributed by atoms with Gasteiger partial charge in [0.1, 0.15) is 0 Å². The first-order valence-corrected chi connectivity index (χ1v) is 7.95. The molecule has 0 radical (unpaired) electrons. The van der Waals surface area contributed by atoms with E-state index in [9.17, 15) is 4.79 Å². The van der Waals surface area contributed by atoms with Gasteiger partial charge in [-0.2, -0.15) is 0 Å². The van der Waals surface area contributed by atoms with Gasteiger partial charge in [0, 0.05) is 15.5 Å². The van der Waals surface area contributed by atoms with Crippen LogP contribution in [0.2, 0.25) is 0 Å². The molecule has 0 fully saturated rings. The zero-order valence-corrected chi connectivity index (χ0v) is 15.2. The molecule has 0 saturated carbocycles. The number of hydrogen-bond donors (Lipinski definition) is 2. The first-order valence-electron chi connectivity index (χ1n) is 6.37. The van der Waals surface area contributed by atoms with E-state index in [2.05, 4.69) is 51.0 Å². The van der Waals surface area contributed by atoms with Crippen molar-refractivity contribution in [1.82, 2.24) is 4.90 Å².